The second-order valence-electron chi connectivity index (χ2n) is 6.02. The van der Waals surface area contributed by atoms with Gasteiger partial charge in [0.15, 0.2) is 0 Å². The van der Waals surface area contributed by atoms with E-state index in [1.165, 1.54) is 11.3 Å². The number of unbranched alkanes of at least 4 members (excludes halogenated alkanes) is 1. The Kier molecular flexibility index (Phi) is 6.75. The number of nitrogens with one attached hydrogen (secondary N) is 2. The number of ether oxygens (including phenoxy) is 1. The molecular formula is C21H21N3O3S. The summed E-state index contributed by atoms with van der Waals surface area (Å²) < 4.78 is 5.12. The average Bonchev–Trinajstić information content (AvgIpc) is 3.21. The molecule has 7 heteroatoms. The second-order valence-corrected chi connectivity index (χ2v) is 7.10. The third kappa shape index (κ3) is 5.17. The largest absolute Gasteiger partial charge is 0.449 e. The number of carbonyl (C=O) groups excluding carboxylic acids is 2. The van der Waals surface area contributed by atoms with Crippen LogP contribution in [0.1, 0.15) is 29.4 Å². The Labute approximate surface area is 167 Å². The fourth-order valence-electron chi connectivity index (χ4n) is 2.46. The third-order valence-electron chi connectivity index (χ3n) is 3.92. The fourth-order valence-corrected chi connectivity index (χ4v) is 3.36. The lowest BCUT2D eigenvalue weighted by molar-refractivity contribution is 0.103. The van der Waals surface area contributed by atoms with Crippen molar-refractivity contribution in [2.45, 2.75) is 19.8 Å². The Hall–Kier alpha value is -3.19. The van der Waals surface area contributed by atoms with Crippen molar-refractivity contribution in [3.05, 3.63) is 65.8 Å². The molecule has 0 atom stereocenters. The molecule has 0 radical (unpaired) electrons. The smallest absolute Gasteiger partial charge is 0.411 e. The van der Waals surface area contributed by atoms with Crippen LogP contribution in [0.3, 0.4) is 0 Å². The van der Waals surface area contributed by atoms with Gasteiger partial charge in [-0.1, -0.05) is 31.5 Å². The van der Waals surface area contributed by atoms with Gasteiger partial charge in [-0.25, -0.2) is 4.79 Å². The molecule has 28 heavy (non-hydrogen) atoms. The minimum absolute atomic E-state index is 0.242. The molecule has 2 N–H and O–H groups in total. The summed E-state index contributed by atoms with van der Waals surface area (Å²) in [5.41, 5.74) is 1.96. The Morgan fingerprint density at radius 3 is 2.54 bits per heavy atom. The molecule has 0 fully saturated rings. The lowest BCUT2D eigenvalue weighted by Crippen LogP contribution is -2.17. The highest BCUT2D eigenvalue weighted by atomic mass is 32.1. The molecule has 2 heterocycles. The summed E-state index contributed by atoms with van der Waals surface area (Å²) in [4.78, 5) is 30.2. The van der Waals surface area contributed by atoms with Crippen molar-refractivity contribution in [1.29, 1.82) is 0 Å². The van der Waals surface area contributed by atoms with Crippen LogP contribution in [-0.2, 0) is 4.74 Å². The van der Waals surface area contributed by atoms with Crippen molar-refractivity contribution in [3.8, 4) is 10.4 Å². The lowest BCUT2D eigenvalue weighted by atomic mass is 10.2. The highest BCUT2D eigenvalue weighted by molar-refractivity contribution is 7.17. The molecule has 1 aromatic carbocycles. The first kappa shape index (κ1) is 19.6. The highest BCUT2D eigenvalue weighted by Crippen LogP contribution is 2.29. The summed E-state index contributed by atoms with van der Waals surface area (Å²) in [6, 6.07) is 14.5. The maximum atomic E-state index is 12.6. The first-order valence-electron chi connectivity index (χ1n) is 9.01. The molecule has 0 aliphatic heterocycles. The molecular weight excluding hydrogens is 374 g/mol. The van der Waals surface area contributed by atoms with Crippen molar-refractivity contribution < 1.29 is 14.3 Å². The average molecular weight is 395 g/mol. The summed E-state index contributed by atoms with van der Waals surface area (Å²) in [6.45, 7) is 2.39. The van der Waals surface area contributed by atoms with Crippen molar-refractivity contribution in [2.24, 2.45) is 0 Å². The maximum absolute atomic E-state index is 12.6. The van der Waals surface area contributed by atoms with Gasteiger partial charge >= 0.3 is 6.09 Å². The van der Waals surface area contributed by atoms with E-state index in [1.807, 2.05) is 25.1 Å². The monoisotopic (exact) mass is 395 g/mol. The summed E-state index contributed by atoms with van der Waals surface area (Å²) in [6.07, 6.45) is 4.69. The zero-order valence-corrected chi connectivity index (χ0v) is 16.3. The third-order valence-corrected chi connectivity index (χ3v) is 5.05. The predicted octanol–water partition coefficient (Wildman–Crippen LogP) is 5.41. The molecule has 3 aromatic rings. The van der Waals surface area contributed by atoms with Crippen LogP contribution in [-0.4, -0.2) is 23.6 Å². The highest BCUT2D eigenvalue weighted by Gasteiger charge is 2.14. The van der Waals surface area contributed by atoms with E-state index in [1.54, 1.807) is 42.7 Å². The van der Waals surface area contributed by atoms with Gasteiger partial charge in [-0.05, 0) is 36.8 Å². The SMILES string of the molecule is CCCCOC(=O)Nc1ccccc1NC(=O)c1ccc(-c2cccnc2)s1. The Bertz CT molecular complexity index is 941. The lowest BCUT2D eigenvalue weighted by Gasteiger charge is -2.12. The number of rotatable bonds is 7. The number of para-hydroxylation sites is 2. The first-order valence-corrected chi connectivity index (χ1v) is 9.83. The zero-order valence-electron chi connectivity index (χ0n) is 15.5. The molecule has 144 valence electrons. The van der Waals surface area contributed by atoms with Crippen LogP contribution in [0.5, 0.6) is 0 Å². The Morgan fingerprint density at radius 1 is 1.04 bits per heavy atom. The van der Waals surface area contributed by atoms with Crippen LogP contribution in [0.2, 0.25) is 0 Å². The topological polar surface area (TPSA) is 80.3 Å². The summed E-state index contributed by atoms with van der Waals surface area (Å²) in [7, 11) is 0. The molecule has 0 saturated carbocycles. The van der Waals surface area contributed by atoms with E-state index in [2.05, 4.69) is 15.6 Å². The maximum Gasteiger partial charge on any atom is 0.411 e. The van der Waals surface area contributed by atoms with E-state index in [0.29, 0.717) is 22.9 Å². The minimum Gasteiger partial charge on any atom is -0.449 e. The predicted molar refractivity (Wildman–Crippen MR) is 112 cm³/mol. The summed E-state index contributed by atoms with van der Waals surface area (Å²) in [5.74, 6) is -0.242. The number of hydrogen-bond donors (Lipinski definition) is 2. The van der Waals surface area contributed by atoms with Gasteiger partial charge in [-0.3, -0.25) is 15.1 Å². The number of benzene rings is 1. The number of nitrogens with zero attached hydrogens (tertiary/aromatic N) is 1. The standard InChI is InChI=1S/C21H21N3O3S/c1-2-3-13-27-21(26)24-17-9-5-4-8-16(17)23-20(25)19-11-10-18(28-19)15-7-6-12-22-14-15/h4-12,14H,2-3,13H2,1H3,(H,23,25)(H,24,26). The summed E-state index contributed by atoms with van der Waals surface area (Å²) >= 11 is 1.38. The van der Waals surface area contributed by atoms with Gasteiger partial charge in [0.05, 0.1) is 22.9 Å². The minimum atomic E-state index is -0.537. The molecule has 2 amide bonds. The molecule has 6 nitrogen and oxygen atoms in total. The molecule has 2 aromatic heterocycles. The zero-order chi connectivity index (χ0) is 19.8. The van der Waals surface area contributed by atoms with Crippen LogP contribution >= 0.6 is 11.3 Å². The van der Waals surface area contributed by atoms with Crippen LogP contribution in [0, 0.1) is 0 Å². The van der Waals surface area contributed by atoms with Gasteiger partial charge in [0.1, 0.15) is 0 Å². The quantitative estimate of drug-likeness (QED) is 0.524. The van der Waals surface area contributed by atoms with Gasteiger partial charge in [0, 0.05) is 22.8 Å². The van der Waals surface area contributed by atoms with Crippen molar-refractivity contribution in [2.75, 3.05) is 17.2 Å². The fraction of sp³-hybridized carbons (Fsp3) is 0.190. The number of amides is 2. The van der Waals surface area contributed by atoms with Crippen LogP contribution in [0.15, 0.2) is 60.9 Å². The van der Waals surface area contributed by atoms with E-state index in [0.717, 1.165) is 23.3 Å². The number of pyridine rings is 1. The number of anilines is 2. The number of hydrogen-bond acceptors (Lipinski definition) is 5. The van der Waals surface area contributed by atoms with E-state index >= 15 is 0 Å². The van der Waals surface area contributed by atoms with E-state index in [4.69, 9.17) is 4.74 Å². The summed E-state index contributed by atoms with van der Waals surface area (Å²) in [5, 5.41) is 5.53. The van der Waals surface area contributed by atoms with Gasteiger partial charge in [0.25, 0.3) is 5.91 Å². The Balaban J connectivity index is 1.68. The molecule has 0 unspecified atom stereocenters. The molecule has 0 saturated heterocycles. The van der Waals surface area contributed by atoms with Crippen molar-refractivity contribution >= 4 is 34.7 Å². The molecule has 0 bridgehead atoms. The number of carbonyl (C=O) groups is 2. The first-order chi connectivity index (χ1) is 13.7. The number of thiophene rings is 1. The molecule has 0 aliphatic carbocycles. The van der Waals surface area contributed by atoms with Gasteiger partial charge in [0.2, 0.25) is 0 Å². The Morgan fingerprint density at radius 2 is 1.82 bits per heavy atom. The molecule has 0 aliphatic rings. The molecule has 3 rings (SSSR count). The number of aromatic nitrogens is 1. The normalized spacial score (nSPS) is 10.3. The van der Waals surface area contributed by atoms with Gasteiger partial charge < -0.3 is 10.1 Å². The van der Waals surface area contributed by atoms with Crippen LogP contribution in [0.4, 0.5) is 16.2 Å². The van der Waals surface area contributed by atoms with Crippen molar-refractivity contribution in [1.82, 2.24) is 4.98 Å². The molecule has 0 spiro atoms. The van der Waals surface area contributed by atoms with E-state index in [-0.39, 0.29) is 5.91 Å². The second kappa shape index (κ2) is 9.66. The van der Waals surface area contributed by atoms with Crippen molar-refractivity contribution in [3.63, 3.8) is 0 Å². The van der Waals surface area contributed by atoms with Gasteiger partial charge in [-0.2, -0.15) is 0 Å². The van der Waals surface area contributed by atoms with Gasteiger partial charge in [-0.15, -0.1) is 11.3 Å². The van der Waals surface area contributed by atoms with E-state index in [9.17, 15) is 9.59 Å². The van der Waals surface area contributed by atoms with E-state index < -0.39 is 6.09 Å². The van der Waals surface area contributed by atoms with Crippen LogP contribution in [0.25, 0.3) is 10.4 Å². The van der Waals surface area contributed by atoms with Crippen LogP contribution < -0.4 is 10.6 Å².